The molecule has 7 rings (SSSR count). The third-order valence-electron chi connectivity index (χ3n) is 7.91. The number of piperidine rings is 1. The van der Waals surface area contributed by atoms with Crippen molar-refractivity contribution in [2.45, 2.75) is 32.9 Å². The van der Waals surface area contributed by atoms with Gasteiger partial charge < -0.3 is 19.3 Å². The van der Waals surface area contributed by atoms with Gasteiger partial charge in [-0.2, -0.15) is 4.98 Å². The molecular formula is C27H27N11O4. The molecule has 0 radical (unpaired) electrons. The van der Waals surface area contributed by atoms with Crippen LogP contribution in [0.25, 0.3) is 22.4 Å². The van der Waals surface area contributed by atoms with E-state index in [1.807, 2.05) is 6.07 Å². The predicted molar refractivity (Wildman–Crippen MR) is 150 cm³/mol. The van der Waals surface area contributed by atoms with Gasteiger partial charge in [0.1, 0.15) is 18.4 Å². The van der Waals surface area contributed by atoms with E-state index >= 15 is 0 Å². The molecule has 1 aliphatic heterocycles. The summed E-state index contributed by atoms with van der Waals surface area (Å²) in [5.41, 5.74) is 0.350. The lowest BCUT2D eigenvalue weighted by Gasteiger charge is -2.17. The van der Waals surface area contributed by atoms with Gasteiger partial charge in [-0.1, -0.05) is 11.2 Å². The van der Waals surface area contributed by atoms with Crippen molar-refractivity contribution in [2.75, 3.05) is 23.3 Å². The molecule has 0 aromatic carbocycles. The minimum absolute atomic E-state index is 0.0882. The van der Waals surface area contributed by atoms with Gasteiger partial charge in [0, 0.05) is 38.1 Å². The molecule has 1 saturated carbocycles. The van der Waals surface area contributed by atoms with E-state index in [2.05, 4.69) is 40.3 Å². The van der Waals surface area contributed by atoms with Gasteiger partial charge in [-0.05, 0) is 44.2 Å². The van der Waals surface area contributed by atoms with Crippen molar-refractivity contribution in [2.24, 2.45) is 18.9 Å². The third kappa shape index (κ3) is 4.42. The maximum atomic E-state index is 13.4. The van der Waals surface area contributed by atoms with Crippen LogP contribution in [-0.4, -0.2) is 62.8 Å². The van der Waals surface area contributed by atoms with Crippen molar-refractivity contribution < 1.29 is 9.32 Å². The number of carbonyl (C=O) groups excluding carboxylic acids is 1. The number of nitrogens with one attached hydrogen (secondary N) is 1. The summed E-state index contributed by atoms with van der Waals surface area (Å²) in [6.07, 6.45) is 6.16. The molecular weight excluding hydrogens is 542 g/mol. The number of carbonyl (C=O) groups is 1. The number of rotatable bonds is 7. The summed E-state index contributed by atoms with van der Waals surface area (Å²) in [4.78, 5) is 63.9. The van der Waals surface area contributed by atoms with Crippen molar-refractivity contribution in [3.8, 4) is 11.3 Å². The molecule has 15 heteroatoms. The van der Waals surface area contributed by atoms with Gasteiger partial charge in [0.25, 0.3) is 5.56 Å². The van der Waals surface area contributed by atoms with Gasteiger partial charge in [-0.25, -0.2) is 29.3 Å². The molecule has 1 aliphatic carbocycles. The van der Waals surface area contributed by atoms with Crippen LogP contribution in [0.5, 0.6) is 0 Å². The minimum Gasteiger partial charge on any atom is -0.340 e. The van der Waals surface area contributed by atoms with Crippen LogP contribution in [0, 0.1) is 18.8 Å². The Bertz CT molecular complexity index is 1950. The van der Waals surface area contributed by atoms with Crippen LogP contribution in [0.1, 0.15) is 31.1 Å². The first-order valence-corrected chi connectivity index (χ1v) is 13.6. The molecule has 3 atom stereocenters. The predicted octanol–water partition coefficient (Wildman–Crippen LogP) is 1.14. The highest BCUT2D eigenvalue weighted by Crippen LogP contribution is 2.45. The summed E-state index contributed by atoms with van der Waals surface area (Å²) in [6.45, 7) is 5.07. The second kappa shape index (κ2) is 9.71. The number of amides is 1. The number of nitrogens with zero attached hydrogens (tertiary/aromatic N) is 10. The average molecular weight is 570 g/mol. The second-order valence-electron chi connectivity index (χ2n) is 10.8. The SMILES string of the molecule is Cc1noc(Cn2c(=O)c3c(ncn3C(C)C(=O)Nc3cccc(-c4cnc(N5CC6CC6C5)nc4)n3)n(C)c2=O)n1. The lowest BCUT2D eigenvalue weighted by atomic mass is 10.2. The molecule has 15 nitrogen and oxygen atoms in total. The molecule has 2 aliphatic rings. The molecule has 214 valence electrons. The molecule has 1 N–H and O–H groups in total. The summed E-state index contributed by atoms with van der Waals surface area (Å²) in [5.74, 6) is 2.69. The zero-order chi connectivity index (χ0) is 29.1. The van der Waals surface area contributed by atoms with E-state index < -0.39 is 23.2 Å². The molecule has 0 bridgehead atoms. The van der Waals surface area contributed by atoms with E-state index in [0.29, 0.717) is 17.3 Å². The Hall–Kier alpha value is -5.21. The Morgan fingerprint density at radius 3 is 2.60 bits per heavy atom. The molecule has 6 heterocycles. The minimum atomic E-state index is -0.862. The first-order chi connectivity index (χ1) is 20.3. The third-order valence-corrected chi connectivity index (χ3v) is 7.91. The zero-order valence-electron chi connectivity index (χ0n) is 23.1. The molecule has 0 spiro atoms. The molecule has 5 aromatic heterocycles. The first kappa shape index (κ1) is 25.7. The van der Waals surface area contributed by atoms with Crippen molar-refractivity contribution in [3.05, 3.63) is 69.5 Å². The van der Waals surface area contributed by atoms with Gasteiger partial charge in [0.05, 0.1) is 12.0 Å². The van der Waals surface area contributed by atoms with Crippen molar-refractivity contribution in [3.63, 3.8) is 0 Å². The maximum Gasteiger partial charge on any atom is 0.332 e. The van der Waals surface area contributed by atoms with E-state index in [1.165, 1.54) is 28.9 Å². The van der Waals surface area contributed by atoms with E-state index in [4.69, 9.17) is 4.52 Å². The quantitative estimate of drug-likeness (QED) is 0.298. The number of aryl methyl sites for hydroxylation is 2. The van der Waals surface area contributed by atoms with Crippen LogP contribution in [0.2, 0.25) is 0 Å². The Morgan fingerprint density at radius 1 is 1.12 bits per heavy atom. The molecule has 2 fully saturated rings. The summed E-state index contributed by atoms with van der Waals surface area (Å²) >= 11 is 0. The fourth-order valence-electron chi connectivity index (χ4n) is 5.46. The number of hydrogen-bond donors (Lipinski definition) is 1. The van der Waals surface area contributed by atoms with E-state index in [0.717, 1.165) is 41.0 Å². The van der Waals surface area contributed by atoms with E-state index in [9.17, 15) is 14.4 Å². The molecule has 1 amide bonds. The smallest absolute Gasteiger partial charge is 0.332 e. The standard InChI is InChI=1S/C27H27N11O4/c1-14(38-13-30-23-22(38)25(40)37(27(41)35(23)3)12-21-31-15(2)34-42-21)24(39)33-20-6-4-5-19(32-20)18-8-28-26(29-9-18)36-10-16-7-17(16)11-36/h4-6,8-9,13-14,16-17H,7,10-12H2,1-3H3,(H,32,33,39). The van der Waals surface area contributed by atoms with Gasteiger partial charge in [0.2, 0.25) is 17.7 Å². The van der Waals surface area contributed by atoms with Gasteiger partial charge in [-0.3, -0.25) is 14.2 Å². The zero-order valence-corrected chi connectivity index (χ0v) is 23.1. The monoisotopic (exact) mass is 569 g/mol. The maximum absolute atomic E-state index is 13.4. The van der Waals surface area contributed by atoms with Gasteiger partial charge in [-0.15, -0.1) is 0 Å². The van der Waals surface area contributed by atoms with Crippen LogP contribution in [0.15, 0.2) is 51.0 Å². The Morgan fingerprint density at radius 2 is 1.88 bits per heavy atom. The normalized spacial score (nSPS) is 18.3. The second-order valence-corrected chi connectivity index (χ2v) is 10.8. The number of imidazole rings is 1. The summed E-state index contributed by atoms with van der Waals surface area (Å²) in [7, 11) is 1.50. The average Bonchev–Trinajstić information content (AvgIpc) is 3.33. The summed E-state index contributed by atoms with van der Waals surface area (Å²) in [5, 5.41) is 6.52. The van der Waals surface area contributed by atoms with Crippen LogP contribution in [0.3, 0.4) is 0 Å². The van der Waals surface area contributed by atoms with E-state index in [-0.39, 0.29) is 23.6 Å². The fourth-order valence-corrected chi connectivity index (χ4v) is 5.46. The topological polar surface area (TPSA) is 172 Å². The number of hydrogen-bond acceptors (Lipinski definition) is 11. The molecule has 1 saturated heterocycles. The fraction of sp³-hybridized carbons (Fsp3) is 0.370. The van der Waals surface area contributed by atoms with Crippen molar-refractivity contribution in [1.82, 2.24) is 43.8 Å². The van der Waals surface area contributed by atoms with Crippen molar-refractivity contribution >= 4 is 28.8 Å². The molecule has 3 unspecified atom stereocenters. The Balaban J connectivity index is 1.12. The highest BCUT2D eigenvalue weighted by Gasteiger charge is 2.45. The largest absolute Gasteiger partial charge is 0.340 e. The van der Waals surface area contributed by atoms with E-state index in [1.54, 1.807) is 38.4 Å². The number of fused-ring (bicyclic) bond motifs is 2. The van der Waals surface area contributed by atoms with Crippen molar-refractivity contribution in [1.29, 1.82) is 0 Å². The summed E-state index contributed by atoms with van der Waals surface area (Å²) < 4.78 is 8.75. The highest BCUT2D eigenvalue weighted by molar-refractivity contribution is 5.93. The molecule has 5 aromatic rings. The Kier molecular flexibility index (Phi) is 5.95. The number of pyridine rings is 1. The summed E-state index contributed by atoms with van der Waals surface area (Å²) in [6, 6.07) is 4.42. The highest BCUT2D eigenvalue weighted by atomic mass is 16.5. The van der Waals surface area contributed by atoms with Crippen LogP contribution >= 0.6 is 0 Å². The number of anilines is 2. The van der Waals surface area contributed by atoms with Crippen LogP contribution in [0.4, 0.5) is 11.8 Å². The number of aromatic nitrogens is 9. The lowest BCUT2D eigenvalue weighted by Crippen LogP contribution is -2.40. The van der Waals surface area contributed by atoms with Crippen LogP contribution in [-0.2, 0) is 18.4 Å². The molecule has 42 heavy (non-hydrogen) atoms. The lowest BCUT2D eigenvalue weighted by molar-refractivity contribution is -0.118. The Labute approximate surface area is 237 Å². The van der Waals surface area contributed by atoms with Crippen LogP contribution < -0.4 is 21.5 Å². The van der Waals surface area contributed by atoms with Gasteiger partial charge >= 0.3 is 5.69 Å². The van der Waals surface area contributed by atoms with Gasteiger partial charge in [0.15, 0.2) is 17.0 Å². The first-order valence-electron chi connectivity index (χ1n) is 13.6.